The monoisotopic (exact) mass is 154 g/mol. The molecule has 1 nitrogen and oxygen atoms in total. The van der Waals surface area contributed by atoms with Crippen LogP contribution in [0.2, 0.25) is 0 Å². The van der Waals surface area contributed by atoms with Gasteiger partial charge in [0.2, 0.25) is 0 Å². The molecule has 1 rings (SSSR count). The SMILES string of the molecule is CC(=O)C1[C@@H](Cl)C1(F)F. The molecule has 2 atom stereocenters. The zero-order chi connectivity index (χ0) is 7.23. The first-order valence-electron chi connectivity index (χ1n) is 2.50. The summed E-state index contributed by atoms with van der Waals surface area (Å²) < 4.78 is 24.2. The Bertz CT molecular complexity index is 157. The van der Waals surface area contributed by atoms with E-state index in [-0.39, 0.29) is 0 Å². The number of hydrogen-bond donors (Lipinski definition) is 0. The third-order valence-electron chi connectivity index (χ3n) is 1.40. The van der Waals surface area contributed by atoms with Crippen LogP contribution in [0.4, 0.5) is 8.78 Å². The molecular formula is C5H5ClF2O. The Morgan fingerprint density at radius 1 is 1.67 bits per heavy atom. The molecule has 1 unspecified atom stereocenters. The van der Waals surface area contributed by atoms with Crippen LogP contribution >= 0.6 is 11.6 Å². The number of carbonyl (C=O) groups excluding carboxylic acids is 1. The van der Waals surface area contributed by atoms with Gasteiger partial charge in [-0.3, -0.25) is 4.79 Å². The third kappa shape index (κ3) is 0.834. The Balaban J connectivity index is 2.62. The molecule has 4 heteroatoms. The van der Waals surface area contributed by atoms with Crippen LogP contribution < -0.4 is 0 Å². The first-order chi connectivity index (χ1) is 3.98. The highest BCUT2D eigenvalue weighted by Gasteiger charge is 2.70. The Morgan fingerprint density at radius 2 is 2.00 bits per heavy atom. The number of carbonyl (C=O) groups is 1. The van der Waals surface area contributed by atoms with Crippen molar-refractivity contribution in [2.45, 2.75) is 18.2 Å². The van der Waals surface area contributed by atoms with Gasteiger partial charge in [-0.25, -0.2) is 8.78 Å². The van der Waals surface area contributed by atoms with Crippen LogP contribution in [0.3, 0.4) is 0 Å². The fraction of sp³-hybridized carbons (Fsp3) is 0.800. The van der Waals surface area contributed by atoms with Gasteiger partial charge in [-0.1, -0.05) is 0 Å². The average Bonchev–Trinajstić information content (AvgIpc) is 2.07. The zero-order valence-electron chi connectivity index (χ0n) is 4.70. The van der Waals surface area contributed by atoms with Crippen molar-refractivity contribution in [1.29, 1.82) is 0 Å². The highest BCUT2D eigenvalue weighted by molar-refractivity contribution is 6.26. The van der Waals surface area contributed by atoms with Gasteiger partial charge in [-0.2, -0.15) is 0 Å². The largest absolute Gasteiger partial charge is 0.299 e. The minimum absolute atomic E-state index is 0.528. The van der Waals surface area contributed by atoms with Crippen LogP contribution in [0, 0.1) is 5.92 Å². The summed E-state index contributed by atoms with van der Waals surface area (Å²) in [4.78, 5) is 10.3. The van der Waals surface area contributed by atoms with E-state index in [0.29, 0.717) is 0 Å². The fourth-order valence-corrected chi connectivity index (χ4v) is 1.18. The normalized spacial score (nSPS) is 38.2. The lowest BCUT2D eigenvalue weighted by molar-refractivity contribution is -0.120. The summed E-state index contributed by atoms with van der Waals surface area (Å²) in [6.07, 6.45) is 0. The molecule has 1 aliphatic carbocycles. The van der Waals surface area contributed by atoms with Crippen LogP contribution in [-0.2, 0) is 4.79 Å². The second-order valence-electron chi connectivity index (χ2n) is 2.16. The molecular weight excluding hydrogens is 150 g/mol. The highest BCUT2D eigenvalue weighted by atomic mass is 35.5. The molecule has 52 valence electrons. The summed E-state index contributed by atoms with van der Waals surface area (Å²) in [6, 6.07) is 0. The Hall–Kier alpha value is -0.180. The smallest absolute Gasteiger partial charge is 0.276 e. The van der Waals surface area contributed by atoms with Gasteiger partial charge in [0.05, 0.1) is 0 Å². The molecule has 9 heavy (non-hydrogen) atoms. The van der Waals surface area contributed by atoms with Crippen molar-refractivity contribution in [3.05, 3.63) is 0 Å². The van der Waals surface area contributed by atoms with E-state index in [2.05, 4.69) is 0 Å². The molecule has 0 aromatic heterocycles. The second kappa shape index (κ2) is 1.66. The third-order valence-corrected chi connectivity index (χ3v) is 1.95. The standard InChI is InChI=1S/C5H5ClF2O/c1-2(9)3-4(6)5(3,7)8/h3-4H,1H3/t3?,4-/m1/s1. The summed E-state index contributed by atoms with van der Waals surface area (Å²) >= 11 is 5.07. The van der Waals surface area contributed by atoms with Gasteiger partial charge >= 0.3 is 0 Å². The van der Waals surface area contributed by atoms with E-state index in [4.69, 9.17) is 11.6 Å². The summed E-state index contributed by atoms with van der Waals surface area (Å²) in [5.41, 5.74) is 0. The molecule has 0 aromatic rings. The maximum atomic E-state index is 12.1. The summed E-state index contributed by atoms with van der Waals surface area (Å²) in [5, 5.41) is -1.25. The number of rotatable bonds is 1. The molecule has 0 aromatic carbocycles. The Kier molecular flexibility index (Phi) is 1.28. The molecule has 1 fully saturated rings. The van der Waals surface area contributed by atoms with Crippen molar-refractivity contribution >= 4 is 17.4 Å². The van der Waals surface area contributed by atoms with E-state index in [1.165, 1.54) is 0 Å². The van der Waals surface area contributed by atoms with E-state index in [1.807, 2.05) is 0 Å². The van der Waals surface area contributed by atoms with E-state index < -0.39 is 23.0 Å². The van der Waals surface area contributed by atoms with Gasteiger partial charge in [0.25, 0.3) is 5.92 Å². The maximum absolute atomic E-state index is 12.1. The van der Waals surface area contributed by atoms with Crippen molar-refractivity contribution in [2.24, 2.45) is 5.92 Å². The molecule has 0 amide bonds. The second-order valence-corrected chi connectivity index (χ2v) is 2.63. The number of hydrogen-bond acceptors (Lipinski definition) is 1. The van der Waals surface area contributed by atoms with Gasteiger partial charge < -0.3 is 0 Å². The van der Waals surface area contributed by atoms with Gasteiger partial charge in [-0.05, 0) is 6.92 Å². The summed E-state index contributed by atoms with van der Waals surface area (Å²) in [6.45, 7) is 1.13. The van der Waals surface area contributed by atoms with Crippen LogP contribution in [0.1, 0.15) is 6.92 Å². The molecule has 0 aliphatic heterocycles. The van der Waals surface area contributed by atoms with Gasteiger partial charge in [0.1, 0.15) is 17.1 Å². The van der Waals surface area contributed by atoms with Crippen molar-refractivity contribution in [2.75, 3.05) is 0 Å². The predicted molar refractivity (Wildman–Crippen MR) is 28.8 cm³/mol. The van der Waals surface area contributed by atoms with E-state index in [9.17, 15) is 13.6 Å². The first kappa shape index (κ1) is 6.93. The van der Waals surface area contributed by atoms with Gasteiger partial charge in [-0.15, -0.1) is 11.6 Å². The number of Topliss-reactive ketones (excluding diaryl/α,β-unsaturated/α-hetero) is 1. The number of halogens is 3. The van der Waals surface area contributed by atoms with Crippen LogP contribution in [0.25, 0.3) is 0 Å². The molecule has 1 saturated carbocycles. The maximum Gasteiger partial charge on any atom is 0.276 e. The predicted octanol–water partition coefficient (Wildman–Crippen LogP) is 1.45. The minimum Gasteiger partial charge on any atom is -0.299 e. The van der Waals surface area contributed by atoms with E-state index in [1.54, 1.807) is 0 Å². The average molecular weight is 155 g/mol. The van der Waals surface area contributed by atoms with Crippen molar-refractivity contribution in [3.63, 3.8) is 0 Å². The number of ketones is 1. The molecule has 0 heterocycles. The topological polar surface area (TPSA) is 17.1 Å². The molecule has 1 aliphatic rings. The summed E-state index contributed by atoms with van der Waals surface area (Å²) in [7, 11) is 0. The summed E-state index contributed by atoms with van der Waals surface area (Å²) in [5.74, 6) is -4.69. The van der Waals surface area contributed by atoms with Crippen molar-refractivity contribution in [1.82, 2.24) is 0 Å². The van der Waals surface area contributed by atoms with Crippen LogP contribution in [0.15, 0.2) is 0 Å². The lowest BCUT2D eigenvalue weighted by Crippen LogP contribution is -2.01. The van der Waals surface area contributed by atoms with Gasteiger partial charge in [0.15, 0.2) is 0 Å². The van der Waals surface area contributed by atoms with Crippen LogP contribution in [0.5, 0.6) is 0 Å². The Labute approximate surface area is 56.0 Å². The molecule has 0 bridgehead atoms. The molecule has 0 radical (unpaired) electrons. The Morgan fingerprint density at radius 3 is 2.00 bits per heavy atom. The quantitative estimate of drug-likeness (QED) is 0.523. The lowest BCUT2D eigenvalue weighted by Gasteiger charge is -1.86. The minimum atomic E-state index is -2.94. The lowest BCUT2D eigenvalue weighted by atomic mass is 10.3. The first-order valence-corrected chi connectivity index (χ1v) is 2.94. The van der Waals surface area contributed by atoms with E-state index >= 15 is 0 Å². The highest BCUT2D eigenvalue weighted by Crippen LogP contribution is 2.53. The van der Waals surface area contributed by atoms with Crippen molar-refractivity contribution < 1.29 is 13.6 Å². The molecule has 0 spiro atoms. The van der Waals surface area contributed by atoms with Crippen LogP contribution in [-0.4, -0.2) is 17.1 Å². The molecule has 0 N–H and O–H groups in total. The molecule has 0 saturated heterocycles. The van der Waals surface area contributed by atoms with E-state index in [0.717, 1.165) is 6.92 Å². The van der Waals surface area contributed by atoms with Crippen molar-refractivity contribution in [3.8, 4) is 0 Å². The fourth-order valence-electron chi connectivity index (χ4n) is 0.767. The van der Waals surface area contributed by atoms with Gasteiger partial charge in [0, 0.05) is 0 Å². The number of alkyl halides is 3. The zero-order valence-corrected chi connectivity index (χ0v) is 5.45.